The summed E-state index contributed by atoms with van der Waals surface area (Å²) in [7, 11) is 0. The molecule has 0 N–H and O–H groups in total. The van der Waals surface area contributed by atoms with Gasteiger partial charge in [-0.1, -0.05) is 139 Å². The minimum absolute atomic E-state index is 0.520. The Balaban J connectivity index is 1.85. The standard InChI is InChI=1S/C36H54N2OS/c1-6-9-11-13-14-19-26-38(29(4)5)28-33(23-16-12-10-7-2)31-24-20-25-32(27-31)35-34(30-21-17-15-18-22-30)37-36(39-35)40-8-3/h15,17-18,20-22,24-25,27,29,33H,6-14,16,19,23,26,28H2,1-5H3. The number of benzene rings is 2. The van der Waals surface area contributed by atoms with Gasteiger partial charge in [-0.25, -0.2) is 4.98 Å². The number of nitrogens with zero attached hydrogens (tertiary/aromatic N) is 2. The first-order valence-electron chi connectivity index (χ1n) is 16.1. The molecule has 3 aromatic rings. The number of hydrogen-bond acceptors (Lipinski definition) is 4. The number of hydrogen-bond donors (Lipinski definition) is 0. The van der Waals surface area contributed by atoms with Gasteiger partial charge in [0.2, 0.25) is 0 Å². The lowest BCUT2D eigenvalue weighted by molar-refractivity contribution is 0.199. The van der Waals surface area contributed by atoms with Crippen LogP contribution in [0.15, 0.2) is 64.2 Å². The lowest BCUT2D eigenvalue weighted by Gasteiger charge is -2.31. The van der Waals surface area contributed by atoms with Crippen LogP contribution in [0, 0.1) is 0 Å². The van der Waals surface area contributed by atoms with Gasteiger partial charge in [0, 0.05) is 23.7 Å². The van der Waals surface area contributed by atoms with Gasteiger partial charge in [0.15, 0.2) is 5.76 Å². The molecule has 0 spiro atoms. The van der Waals surface area contributed by atoms with Crippen LogP contribution in [0.3, 0.4) is 0 Å². The van der Waals surface area contributed by atoms with Crippen molar-refractivity contribution in [3.05, 3.63) is 60.2 Å². The molecule has 0 fully saturated rings. The van der Waals surface area contributed by atoms with Crippen molar-refractivity contribution in [2.24, 2.45) is 0 Å². The first kappa shape index (κ1) is 32.5. The highest BCUT2D eigenvalue weighted by atomic mass is 32.2. The zero-order valence-electron chi connectivity index (χ0n) is 26.0. The Morgan fingerprint density at radius 3 is 2.15 bits per heavy atom. The van der Waals surface area contributed by atoms with Gasteiger partial charge in [-0.15, -0.1) is 0 Å². The molecule has 1 unspecified atom stereocenters. The Kier molecular flexibility index (Phi) is 14.9. The second-order valence-electron chi connectivity index (χ2n) is 11.5. The molecule has 0 aliphatic rings. The van der Waals surface area contributed by atoms with E-state index in [4.69, 9.17) is 9.40 Å². The second-order valence-corrected chi connectivity index (χ2v) is 12.7. The predicted molar refractivity (Wildman–Crippen MR) is 175 cm³/mol. The van der Waals surface area contributed by atoms with Gasteiger partial charge in [-0.05, 0) is 56.5 Å². The molecule has 0 aliphatic carbocycles. The van der Waals surface area contributed by atoms with E-state index in [1.165, 1.54) is 82.7 Å². The van der Waals surface area contributed by atoms with E-state index in [2.05, 4.69) is 94.1 Å². The van der Waals surface area contributed by atoms with E-state index < -0.39 is 0 Å². The van der Waals surface area contributed by atoms with Gasteiger partial charge in [0.25, 0.3) is 5.22 Å². The van der Waals surface area contributed by atoms with Crippen LogP contribution in [-0.2, 0) is 0 Å². The van der Waals surface area contributed by atoms with E-state index >= 15 is 0 Å². The first-order valence-corrected chi connectivity index (χ1v) is 17.1. The second kappa shape index (κ2) is 18.4. The molecule has 0 saturated heterocycles. The minimum Gasteiger partial charge on any atom is -0.431 e. The maximum atomic E-state index is 6.40. The van der Waals surface area contributed by atoms with Crippen LogP contribution in [0.2, 0.25) is 0 Å². The van der Waals surface area contributed by atoms with Gasteiger partial charge in [0.1, 0.15) is 5.69 Å². The van der Waals surface area contributed by atoms with Crippen LogP contribution in [-0.4, -0.2) is 34.8 Å². The van der Waals surface area contributed by atoms with Crippen LogP contribution in [0.25, 0.3) is 22.6 Å². The zero-order chi connectivity index (χ0) is 28.6. The SMILES string of the molecule is CCCCCCCCN(CC(CCCCCC)c1cccc(-c2oc(SCC)nc2-c2ccccc2)c1)C(C)C. The molecule has 1 aromatic heterocycles. The molecule has 3 rings (SSSR count). The monoisotopic (exact) mass is 562 g/mol. The number of thioether (sulfide) groups is 1. The fraction of sp³-hybridized carbons (Fsp3) is 0.583. The lowest BCUT2D eigenvalue weighted by atomic mass is 9.90. The molecule has 1 atom stereocenters. The maximum Gasteiger partial charge on any atom is 0.256 e. The van der Waals surface area contributed by atoms with E-state index in [1.54, 1.807) is 11.8 Å². The molecule has 0 amide bonds. The Bertz CT molecular complexity index is 1080. The Hall–Kier alpha value is -2.04. The Labute approximate surface area is 249 Å². The van der Waals surface area contributed by atoms with Crippen LogP contribution in [0.5, 0.6) is 0 Å². The van der Waals surface area contributed by atoms with Crippen LogP contribution in [0.4, 0.5) is 0 Å². The summed E-state index contributed by atoms with van der Waals surface area (Å²) in [5.74, 6) is 2.35. The maximum absolute atomic E-state index is 6.40. The fourth-order valence-electron chi connectivity index (χ4n) is 5.53. The number of rotatable bonds is 20. The molecular weight excluding hydrogens is 508 g/mol. The van der Waals surface area contributed by atoms with Gasteiger partial charge >= 0.3 is 0 Å². The summed E-state index contributed by atoms with van der Waals surface area (Å²) in [5, 5.41) is 0.753. The molecule has 3 nitrogen and oxygen atoms in total. The summed E-state index contributed by atoms with van der Waals surface area (Å²) < 4.78 is 6.40. The van der Waals surface area contributed by atoms with E-state index in [1.807, 2.05) is 0 Å². The lowest BCUT2D eigenvalue weighted by Crippen LogP contribution is -2.35. The highest BCUT2D eigenvalue weighted by molar-refractivity contribution is 7.99. The summed E-state index contributed by atoms with van der Waals surface area (Å²) in [5.41, 5.74) is 4.62. The largest absolute Gasteiger partial charge is 0.431 e. The van der Waals surface area contributed by atoms with Crippen LogP contribution >= 0.6 is 11.8 Å². The smallest absolute Gasteiger partial charge is 0.256 e. The topological polar surface area (TPSA) is 29.3 Å². The number of unbranched alkanes of at least 4 members (excludes halogenated alkanes) is 8. The molecule has 0 radical (unpaired) electrons. The molecule has 220 valence electrons. The van der Waals surface area contributed by atoms with Gasteiger partial charge in [-0.3, -0.25) is 0 Å². The molecule has 0 saturated carbocycles. The summed E-state index contributed by atoms with van der Waals surface area (Å²) in [6, 6.07) is 20.2. The summed E-state index contributed by atoms with van der Waals surface area (Å²) >= 11 is 1.67. The van der Waals surface area contributed by atoms with Gasteiger partial charge in [0.05, 0.1) is 0 Å². The van der Waals surface area contributed by atoms with Crippen molar-refractivity contribution in [1.29, 1.82) is 0 Å². The first-order chi connectivity index (χ1) is 19.6. The average Bonchev–Trinajstić information content (AvgIpc) is 3.40. The van der Waals surface area contributed by atoms with Crippen LogP contribution in [0.1, 0.15) is 117 Å². The molecule has 0 aliphatic heterocycles. The molecule has 4 heteroatoms. The van der Waals surface area contributed by atoms with Crippen LogP contribution < -0.4 is 0 Å². The van der Waals surface area contributed by atoms with Crippen molar-refractivity contribution < 1.29 is 4.42 Å². The van der Waals surface area contributed by atoms with E-state index in [0.717, 1.165) is 40.1 Å². The third-order valence-electron chi connectivity index (χ3n) is 7.93. The zero-order valence-corrected chi connectivity index (χ0v) is 26.8. The van der Waals surface area contributed by atoms with Crippen molar-refractivity contribution in [1.82, 2.24) is 9.88 Å². The number of oxazole rings is 1. The summed E-state index contributed by atoms with van der Waals surface area (Å²) in [6.45, 7) is 13.8. The quantitative estimate of drug-likeness (QED) is 0.101. The van der Waals surface area contributed by atoms with Crippen molar-refractivity contribution in [2.45, 2.75) is 122 Å². The molecule has 40 heavy (non-hydrogen) atoms. The van der Waals surface area contributed by atoms with Crippen molar-refractivity contribution in [3.8, 4) is 22.6 Å². The molecule has 0 bridgehead atoms. The average molecular weight is 563 g/mol. The van der Waals surface area contributed by atoms with E-state index in [-0.39, 0.29) is 0 Å². The number of aromatic nitrogens is 1. The van der Waals surface area contributed by atoms with E-state index in [9.17, 15) is 0 Å². The predicted octanol–water partition coefficient (Wildman–Crippen LogP) is 11.2. The third kappa shape index (κ3) is 10.4. The highest BCUT2D eigenvalue weighted by Crippen LogP contribution is 2.37. The van der Waals surface area contributed by atoms with Crippen molar-refractivity contribution in [3.63, 3.8) is 0 Å². The summed E-state index contributed by atoms with van der Waals surface area (Å²) in [4.78, 5) is 7.64. The Morgan fingerprint density at radius 1 is 0.775 bits per heavy atom. The normalized spacial score (nSPS) is 12.5. The molecular formula is C36H54N2OS. The van der Waals surface area contributed by atoms with E-state index in [0.29, 0.717) is 12.0 Å². The van der Waals surface area contributed by atoms with Crippen molar-refractivity contribution >= 4 is 11.8 Å². The van der Waals surface area contributed by atoms with Crippen molar-refractivity contribution in [2.75, 3.05) is 18.8 Å². The fourth-order valence-corrected chi connectivity index (χ4v) is 6.07. The highest BCUT2D eigenvalue weighted by Gasteiger charge is 2.21. The molecule has 1 heterocycles. The minimum atomic E-state index is 0.520. The Morgan fingerprint density at radius 2 is 1.45 bits per heavy atom. The molecule has 2 aromatic carbocycles. The van der Waals surface area contributed by atoms with Gasteiger partial charge in [-0.2, -0.15) is 0 Å². The third-order valence-corrected chi connectivity index (χ3v) is 8.64. The van der Waals surface area contributed by atoms with Gasteiger partial charge < -0.3 is 9.32 Å². The summed E-state index contributed by atoms with van der Waals surface area (Å²) in [6.07, 6.45) is 14.6.